The highest BCUT2D eigenvalue weighted by molar-refractivity contribution is 7.92. The minimum absolute atomic E-state index is 0.0546. The van der Waals surface area contributed by atoms with Crippen LogP contribution in [0, 0.1) is 13.8 Å². The van der Waals surface area contributed by atoms with Crippen LogP contribution in [0.1, 0.15) is 30.0 Å². The summed E-state index contributed by atoms with van der Waals surface area (Å²) in [6, 6.07) is 29.1. The number of benzene rings is 4. The minimum atomic E-state index is -4.16. The van der Waals surface area contributed by atoms with Crippen LogP contribution in [0.3, 0.4) is 0 Å². The summed E-state index contributed by atoms with van der Waals surface area (Å²) in [5.74, 6) is 0.330. The fourth-order valence-electron chi connectivity index (χ4n) is 4.65. The number of nitrogens with one attached hydrogen (secondary N) is 1. The monoisotopic (exact) mass is 599 g/mol. The van der Waals surface area contributed by atoms with E-state index in [2.05, 4.69) is 5.32 Å². The summed E-state index contributed by atoms with van der Waals surface area (Å²) in [5.41, 5.74) is 3.09. The summed E-state index contributed by atoms with van der Waals surface area (Å²) in [6.07, 6.45) is 0.355. The van der Waals surface area contributed by atoms with Crippen molar-refractivity contribution in [3.63, 3.8) is 0 Å². The van der Waals surface area contributed by atoms with Crippen LogP contribution in [0.25, 0.3) is 0 Å². The average molecular weight is 600 g/mol. The van der Waals surface area contributed by atoms with Gasteiger partial charge in [0.1, 0.15) is 24.1 Å². The maximum absolute atomic E-state index is 14.1. The number of likely N-dealkylation sites (N-methyl/N-ethyl adjacent to an activating group) is 1. The SMILES string of the molecule is CCC(C(=O)NC)N(Cc1ccc(C)cc1)C(=O)CN(c1ccc(Oc2ccccc2)cc1)S(=O)(=O)c1ccc(C)cc1. The largest absolute Gasteiger partial charge is 0.457 e. The summed E-state index contributed by atoms with van der Waals surface area (Å²) < 4.78 is 35.1. The molecule has 224 valence electrons. The first-order valence-corrected chi connectivity index (χ1v) is 15.6. The van der Waals surface area contributed by atoms with Crippen molar-refractivity contribution in [2.24, 2.45) is 0 Å². The van der Waals surface area contributed by atoms with Crippen molar-refractivity contribution in [2.75, 3.05) is 17.9 Å². The Balaban J connectivity index is 1.72. The lowest BCUT2D eigenvalue weighted by atomic mass is 10.1. The van der Waals surface area contributed by atoms with E-state index >= 15 is 0 Å². The normalized spacial score (nSPS) is 11.8. The zero-order valence-corrected chi connectivity index (χ0v) is 25.7. The van der Waals surface area contributed by atoms with Crippen LogP contribution >= 0.6 is 0 Å². The molecule has 0 aliphatic carbocycles. The number of aryl methyl sites for hydroxylation is 2. The second kappa shape index (κ2) is 14.0. The van der Waals surface area contributed by atoms with Gasteiger partial charge in [-0.3, -0.25) is 13.9 Å². The molecule has 0 saturated heterocycles. The van der Waals surface area contributed by atoms with Crippen LogP contribution in [0.2, 0.25) is 0 Å². The predicted molar refractivity (Wildman–Crippen MR) is 169 cm³/mol. The number of hydrogen-bond acceptors (Lipinski definition) is 5. The summed E-state index contributed by atoms with van der Waals surface area (Å²) >= 11 is 0. The van der Waals surface area contributed by atoms with E-state index in [9.17, 15) is 18.0 Å². The summed E-state index contributed by atoms with van der Waals surface area (Å²) in [7, 11) is -2.64. The second-order valence-electron chi connectivity index (χ2n) is 10.3. The predicted octanol–water partition coefficient (Wildman–Crippen LogP) is 5.84. The van der Waals surface area contributed by atoms with Gasteiger partial charge in [0.15, 0.2) is 0 Å². The smallest absolute Gasteiger partial charge is 0.264 e. The molecule has 1 N–H and O–H groups in total. The lowest BCUT2D eigenvalue weighted by Gasteiger charge is -2.33. The van der Waals surface area contributed by atoms with Gasteiger partial charge >= 0.3 is 0 Å². The Morgan fingerprint density at radius 2 is 1.35 bits per heavy atom. The van der Waals surface area contributed by atoms with E-state index in [1.165, 1.54) is 24.1 Å². The molecule has 9 heteroatoms. The molecule has 0 bridgehead atoms. The van der Waals surface area contributed by atoms with Gasteiger partial charge in [-0.1, -0.05) is 72.6 Å². The van der Waals surface area contributed by atoms with Gasteiger partial charge in [0, 0.05) is 13.6 Å². The molecule has 0 spiro atoms. The van der Waals surface area contributed by atoms with Crippen molar-refractivity contribution in [1.29, 1.82) is 0 Å². The number of sulfonamides is 1. The highest BCUT2D eigenvalue weighted by Crippen LogP contribution is 2.29. The average Bonchev–Trinajstić information content (AvgIpc) is 3.01. The first kappa shape index (κ1) is 31.3. The molecule has 0 radical (unpaired) electrons. The Kier molecular flexibility index (Phi) is 10.2. The van der Waals surface area contributed by atoms with Crippen molar-refractivity contribution in [1.82, 2.24) is 10.2 Å². The maximum atomic E-state index is 14.1. The topological polar surface area (TPSA) is 96.0 Å². The van der Waals surface area contributed by atoms with Gasteiger partial charge in [0.05, 0.1) is 10.6 Å². The van der Waals surface area contributed by atoms with E-state index in [4.69, 9.17) is 4.74 Å². The van der Waals surface area contributed by atoms with Gasteiger partial charge in [-0.2, -0.15) is 0 Å². The summed E-state index contributed by atoms with van der Waals surface area (Å²) in [5, 5.41) is 2.64. The van der Waals surface area contributed by atoms with Crippen LogP contribution < -0.4 is 14.4 Å². The van der Waals surface area contributed by atoms with Crippen molar-refractivity contribution >= 4 is 27.5 Å². The van der Waals surface area contributed by atoms with E-state index in [0.29, 0.717) is 17.9 Å². The molecule has 4 aromatic rings. The standard InChI is InChI=1S/C34H37N3O5S/c1-5-32(34(39)35-4)36(23-27-15-11-25(2)12-16-27)33(38)24-37(43(40,41)31-21-13-26(3)14-22-31)28-17-19-30(20-18-28)42-29-9-7-6-8-10-29/h6-22,32H,5,23-24H2,1-4H3,(H,35,39). The third kappa shape index (κ3) is 7.81. The number of ether oxygens (including phenoxy) is 1. The Morgan fingerprint density at radius 1 is 0.791 bits per heavy atom. The minimum Gasteiger partial charge on any atom is -0.457 e. The third-order valence-electron chi connectivity index (χ3n) is 7.10. The molecule has 8 nitrogen and oxygen atoms in total. The first-order valence-electron chi connectivity index (χ1n) is 14.1. The molecule has 1 atom stereocenters. The Bertz CT molecular complexity index is 1620. The van der Waals surface area contributed by atoms with E-state index in [0.717, 1.165) is 21.0 Å². The van der Waals surface area contributed by atoms with E-state index in [1.807, 2.05) is 75.4 Å². The molecule has 4 rings (SSSR count). The number of nitrogens with zero attached hydrogens (tertiary/aromatic N) is 2. The van der Waals surface area contributed by atoms with Gasteiger partial charge in [-0.15, -0.1) is 0 Å². The molecule has 0 aliphatic rings. The van der Waals surface area contributed by atoms with Gasteiger partial charge in [-0.05, 0) is 74.4 Å². The number of carbonyl (C=O) groups is 2. The van der Waals surface area contributed by atoms with Crippen molar-refractivity contribution in [2.45, 2.75) is 44.7 Å². The highest BCUT2D eigenvalue weighted by Gasteiger charge is 2.33. The van der Waals surface area contributed by atoms with Gasteiger partial charge < -0.3 is 15.0 Å². The summed E-state index contributed by atoms with van der Waals surface area (Å²) in [6.45, 7) is 5.30. The van der Waals surface area contributed by atoms with E-state index in [1.54, 1.807) is 36.4 Å². The number of hydrogen-bond donors (Lipinski definition) is 1. The lowest BCUT2D eigenvalue weighted by molar-refractivity contribution is -0.140. The zero-order chi connectivity index (χ0) is 31.0. The molecule has 0 aliphatic heterocycles. The van der Waals surface area contributed by atoms with E-state index in [-0.39, 0.29) is 23.0 Å². The molecule has 1 unspecified atom stereocenters. The van der Waals surface area contributed by atoms with Crippen LogP contribution in [-0.2, 0) is 26.2 Å². The maximum Gasteiger partial charge on any atom is 0.264 e. The molecule has 0 fully saturated rings. The van der Waals surface area contributed by atoms with Crippen molar-refractivity contribution < 1.29 is 22.7 Å². The molecule has 43 heavy (non-hydrogen) atoms. The number of para-hydroxylation sites is 1. The van der Waals surface area contributed by atoms with Crippen molar-refractivity contribution in [3.05, 3.63) is 120 Å². The molecule has 0 aromatic heterocycles. The lowest BCUT2D eigenvalue weighted by Crippen LogP contribution is -2.51. The zero-order valence-electron chi connectivity index (χ0n) is 24.9. The Labute approximate surface area is 254 Å². The molecule has 0 heterocycles. The Hall–Kier alpha value is -4.63. The highest BCUT2D eigenvalue weighted by atomic mass is 32.2. The summed E-state index contributed by atoms with van der Waals surface area (Å²) in [4.78, 5) is 28.5. The van der Waals surface area contributed by atoms with Crippen LogP contribution in [0.4, 0.5) is 5.69 Å². The van der Waals surface area contributed by atoms with Crippen LogP contribution in [0.5, 0.6) is 11.5 Å². The van der Waals surface area contributed by atoms with Crippen molar-refractivity contribution in [3.8, 4) is 11.5 Å². The quantitative estimate of drug-likeness (QED) is 0.221. The molecule has 2 amide bonds. The van der Waals surface area contributed by atoms with Gasteiger partial charge in [-0.25, -0.2) is 8.42 Å². The fraction of sp³-hybridized carbons (Fsp3) is 0.235. The third-order valence-corrected chi connectivity index (χ3v) is 8.89. The van der Waals surface area contributed by atoms with E-state index < -0.39 is 28.5 Å². The molecule has 0 saturated carbocycles. The van der Waals surface area contributed by atoms with Gasteiger partial charge in [0.2, 0.25) is 11.8 Å². The van der Waals surface area contributed by atoms with Gasteiger partial charge in [0.25, 0.3) is 10.0 Å². The first-order chi connectivity index (χ1) is 20.6. The number of rotatable bonds is 12. The van der Waals surface area contributed by atoms with Crippen LogP contribution in [-0.4, -0.2) is 44.8 Å². The number of anilines is 1. The fourth-order valence-corrected chi connectivity index (χ4v) is 6.06. The number of amides is 2. The molecular weight excluding hydrogens is 562 g/mol. The van der Waals surface area contributed by atoms with Crippen LogP contribution in [0.15, 0.2) is 108 Å². The molecule has 4 aromatic carbocycles. The number of carbonyl (C=O) groups excluding carboxylic acids is 2. The Morgan fingerprint density at radius 3 is 1.91 bits per heavy atom. The molecular formula is C34H37N3O5S. The second-order valence-corrected chi connectivity index (χ2v) is 12.1.